The monoisotopic (exact) mass is 445 g/mol. The van der Waals surface area contributed by atoms with Crippen molar-refractivity contribution in [2.24, 2.45) is 0 Å². The van der Waals surface area contributed by atoms with Gasteiger partial charge in [-0.2, -0.15) is 0 Å². The highest BCUT2D eigenvalue weighted by atomic mass is 16.5. The van der Waals surface area contributed by atoms with Gasteiger partial charge in [-0.05, 0) is 29.7 Å². The van der Waals surface area contributed by atoms with Crippen molar-refractivity contribution < 1.29 is 19.1 Å². The van der Waals surface area contributed by atoms with Gasteiger partial charge >= 0.3 is 6.09 Å². The van der Waals surface area contributed by atoms with Crippen molar-refractivity contribution >= 4 is 23.6 Å². The van der Waals surface area contributed by atoms with Crippen LogP contribution in [0.25, 0.3) is 0 Å². The van der Waals surface area contributed by atoms with Crippen LogP contribution in [0.1, 0.15) is 30.0 Å². The quantitative estimate of drug-likeness (QED) is 0.408. The number of carbonyl (C=O) groups excluding carboxylic acids is 3. The molecule has 0 saturated carbocycles. The second kappa shape index (κ2) is 12.7. The molecule has 0 bridgehead atoms. The Morgan fingerprint density at radius 3 is 2.06 bits per heavy atom. The average molecular weight is 446 g/mol. The Kier molecular flexibility index (Phi) is 9.03. The zero-order valence-corrected chi connectivity index (χ0v) is 18.2. The maximum Gasteiger partial charge on any atom is 0.407 e. The van der Waals surface area contributed by atoms with Crippen LogP contribution in [0, 0.1) is 0 Å². The van der Waals surface area contributed by atoms with Gasteiger partial charge in [0.15, 0.2) is 0 Å². The minimum absolute atomic E-state index is 0.154. The molecule has 7 nitrogen and oxygen atoms in total. The number of benzene rings is 3. The van der Waals surface area contributed by atoms with Gasteiger partial charge in [0.05, 0.1) is 0 Å². The molecule has 0 aliphatic carbocycles. The van der Waals surface area contributed by atoms with Crippen molar-refractivity contribution in [3.05, 3.63) is 102 Å². The summed E-state index contributed by atoms with van der Waals surface area (Å²) in [6.07, 6.45) is 0.0262. The Hall–Kier alpha value is -4.13. The van der Waals surface area contributed by atoms with Crippen molar-refractivity contribution in [2.45, 2.75) is 25.5 Å². The Bertz CT molecular complexity index is 1030. The lowest BCUT2D eigenvalue weighted by Crippen LogP contribution is -2.37. The molecule has 0 aromatic heterocycles. The number of hydrogen-bond donors (Lipinski definition) is 3. The molecule has 3 aromatic carbocycles. The third-order valence-electron chi connectivity index (χ3n) is 4.80. The molecule has 0 heterocycles. The summed E-state index contributed by atoms with van der Waals surface area (Å²) in [5.41, 5.74) is 2.23. The van der Waals surface area contributed by atoms with Crippen molar-refractivity contribution in [3.8, 4) is 0 Å². The van der Waals surface area contributed by atoms with Crippen molar-refractivity contribution in [1.82, 2.24) is 10.6 Å². The van der Waals surface area contributed by atoms with Crippen LogP contribution in [0.4, 0.5) is 10.5 Å². The zero-order chi connectivity index (χ0) is 23.3. The highest BCUT2D eigenvalue weighted by molar-refractivity contribution is 5.97. The molecule has 0 radical (unpaired) electrons. The highest BCUT2D eigenvalue weighted by Crippen LogP contribution is 2.16. The van der Waals surface area contributed by atoms with E-state index in [2.05, 4.69) is 16.0 Å². The molecule has 7 heteroatoms. The Balaban J connectivity index is 1.45. The van der Waals surface area contributed by atoms with Crippen molar-refractivity contribution in [1.29, 1.82) is 0 Å². The first kappa shape index (κ1) is 23.5. The van der Waals surface area contributed by atoms with E-state index in [1.165, 1.54) is 0 Å². The van der Waals surface area contributed by atoms with Crippen molar-refractivity contribution in [3.63, 3.8) is 0 Å². The molecule has 1 atom stereocenters. The van der Waals surface area contributed by atoms with E-state index in [4.69, 9.17) is 4.74 Å². The maximum absolute atomic E-state index is 12.9. The molecule has 1 unspecified atom stereocenters. The van der Waals surface area contributed by atoms with Crippen LogP contribution >= 0.6 is 0 Å². The summed E-state index contributed by atoms with van der Waals surface area (Å²) in [5, 5.41) is 8.25. The molecule has 3 N–H and O–H groups in total. The predicted molar refractivity (Wildman–Crippen MR) is 126 cm³/mol. The van der Waals surface area contributed by atoms with Crippen LogP contribution < -0.4 is 16.0 Å². The fraction of sp³-hybridized carbons (Fsp3) is 0.192. The predicted octanol–water partition coefficient (Wildman–Crippen LogP) is 4.19. The van der Waals surface area contributed by atoms with Gasteiger partial charge in [0, 0.05) is 18.7 Å². The van der Waals surface area contributed by atoms with E-state index < -0.39 is 12.1 Å². The number of nitrogens with one attached hydrogen (secondary N) is 3. The molecule has 3 amide bonds. The largest absolute Gasteiger partial charge is 0.445 e. The van der Waals surface area contributed by atoms with Gasteiger partial charge in [0.1, 0.15) is 12.6 Å². The molecule has 33 heavy (non-hydrogen) atoms. The molecule has 3 rings (SSSR count). The molecule has 3 aromatic rings. The number of amides is 3. The third kappa shape index (κ3) is 8.14. The van der Waals surface area contributed by atoms with Crippen LogP contribution in [0.15, 0.2) is 91.0 Å². The maximum atomic E-state index is 12.9. The van der Waals surface area contributed by atoms with Crippen LogP contribution in [-0.4, -0.2) is 24.5 Å². The Morgan fingerprint density at radius 1 is 0.788 bits per heavy atom. The Labute approximate surface area is 193 Å². The minimum Gasteiger partial charge on any atom is -0.445 e. The third-order valence-corrected chi connectivity index (χ3v) is 4.80. The summed E-state index contributed by atoms with van der Waals surface area (Å²) in [4.78, 5) is 37.2. The van der Waals surface area contributed by atoms with E-state index in [-0.39, 0.29) is 31.4 Å². The van der Waals surface area contributed by atoms with E-state index in [1.807, 2.05) is 66.7 Å². The zero-order valence-electron chi connectivity index (χ0n) is 18.2. The van der Waals surface area contributed by atoms with Crippen molar-refractivity contribution in [2.75, 3.05) is 11.9 Å². The number of para-hydroxylation sites is 1. The second-order valence-electron chi connectivity index (χ2n) is 7.36. The molecule has 0 aliphatic heterocycles. The van der Waals surface area contributed by atoms with E-state index in [0.29, 0.717) is 17.7 Å². The number of anilines is 1. The summed E-state index contributed by atoms with van der Waals surface area (Å²) in [5.74, 6) is -0.616. The van der Waals surface area contributed by atoms with Crippen LogP contribution in [-0.2, 0) is 20.9 Å². The van der Waals surface area contributed by atoms with E-state index >= 15 is 0 Å². The summed E-state index contributed by atoms with van der Waals surface area (Å²) < 4.78 is 5.14. The SMILES string of the molecule is O=C(CCCNC(=O)OCc1ccccc1)NC(C(=O)Nc1ccccc1)c1ccccc1. The minimum atomic E-state index is -0.831. The second-order valence-corrected chi connectivity index (χ2v) is 7.36. The van der Waals surface area contributed by atoms with Gasteiger partial charge in [-0.3, -0.25) is 9.59 Å². The lowest BCUT2D eigenvalue weighted by molar-refractivity contribution is -0.126. The van der Waals surface area contributed by atoms with Crippen LogP contribution in [0.5, 0.6) is 0 Å². The molecule has 0 saturated heterocycles. The first-order valence-electron chi connectivity index (χ1n) is 10.8. The van der Waals surface area contributed by atoms with Crippen LogP contribution in [0.2, 0.25) is 0 Å². The normalized spacial score (nSPS) is 11.2. The molecule has 0 aliphatic rings. The summed E-state index contributed by atoms with van der Waals surface area (Å²) >= 11 is 0. The molecule has 0 fully saturated rings. The van der Waals surface area contributed by atoms with Gasteiger partial charge in [-0.25, -0.2) is 4.79 Å². The van der Waals surface area contributed by atoms with Gasteiger partial charge in [0.2, 0.25) is 5.91 Å². The lowest BCUT2D eigenvalue weighted by atomic mass is 10.1. The summed E-state index contributed by atoms with van der Waals surface area (Å²) in [6, 6.07) is 26.7. The average Bonchev–Trinajstić information content (AvgIpc) is 2.85. The van der Waals surface area contributed by atoms with Gasteiger partial charge in [-0.15, -0.1) is 0 Å². The molecule has 0 spiro atoms. The number of hydrogen-bond acceptors (Lipinski definition) is 4. The summed E-state index contributed by atoms with van der Waals surface area (Å²) in [7, 11) is 0. The number of rotatable bonds is 10. The van der Waals surface area contributed by atoms with Gasteiger partial charge < -0.3 is 20.7 Å². The lowest BCUT2D eigenvalue weighted by Gasteiger charge is -2.19. The fourth-order valence-electron chi connectivity index (χ4n) is 3.13. The number of carbonyl (C=O) groups is 3. The first-order valence-corrected chi connectivity index (χ1v) is 10.8. The number of ether oxygens (including phenoxy) is 1. The fourth-order valence-corrected chi connectivity index (χ4v) is 3.13. The van der Waals surface area contributed by atoms with Crippen LogP contribution in [0.3, 0.4) is 0 Å². The standard InChI is InChI=1S/C26H27N3O4/c30-23(17-10-18-27-26(32)33-19-20-11-4-1-5-12-20)29-24(21-13-6-2-7-14-21)25(31)28-22-15-8-3-9-16-22/h1-9,11-16,24H,10,17-19H2,(H,27,32)(H,28,31)(H,29,30). The smallest absolute Gasteiger partial charge is 0.407 e. The van der Waals surface area contributed by atoms with E-state index in [0.717, 1.165) is 5.56 Å². The molecule has 170 valence electrons. The Morgan fingerprint density at radius 2 is 1.39 bits per heavy atom. The first-order chi connectivity index (χ1) is 16.1. The van der Waals surface area contributed by atoms with E-state index in [9.17, 15) is 14.4 Å². The van der Waals surface area contributed by atoms with E-state index in [1.54, 1.807) is 24.3 Å². The van der Waals surface area contributed by atoms with Gasteiger partial charge in [0.25, 0.3) is 5.91 Å². The summed E-state index contributed by atoms with van der Waals surface area (Å²) in [6.45, 7) is 0.468. The van der Waals surface area contributed by atoms with Gasteiger partial charge in [-0.1, -0.05) is 78.9 Å². The highest BCUT2D eigenvalue weighted by Gasteiger charge is 2.22. The molecular weight excluding hydrogens is 418 g/mol. The topological polar surface area (TPSA) is 96.5 Å². The molecular formula is C26H27N3O4. The number of alkyl carbamates (subject to hydrolysis) is 1.